The fourth-order valence-electron chi connectivity index (χ4n) is 2.88. The van der Waals surface area contributed by atoms with E-state index in [0.29, 0.717) is 5.57 Å². The number of hydrogen-bond acceptors (Lipinski definition) is 2. The fraction of sp³-hybridized carbons (Fsp3) is 0.160. The first kappa shape index (κ1) is 24.4. The highest BCUT2D eigenvalue weighted by atomic mass is 32.2. The molecule has 0 amide bonds. The average Bonchev–Trinajstić information content (AvgIpc) is 2.70. The standard InChI is InChI=1S/C25H22F4OS/c1-15(11-16(2)31-4)22(17(3)23-9-7-20(27)14-25(23)29)10-8-21(30)12-18-5-6-19(26)13-24(18)28/h5-11,13-14H,3,12H2,1-2,4H3/b10-8-,16-11+,22-15-. The van der Waals surface area contributed by atoms with E-state index < -0.39 is 29.1 Å². The molecule has 6 heteroatoms. The van der Waals surface area contributed by atoms with Crippen molar-refractivity contribution in [2.45, 2.75) is 20.3 Å². The van der Waals surface area contributed by atoms with E-state index in [1.165, 1.54) is 36.0 Å². The number of carbonyl (C=O) groups is 1. The van der Waals surface area contributed by atoms with E-state index in [1.54, 1.807) is 6.92 Å². The molecule has 0 aromatic heterocycles. The van der Waals surface area contributed by atoms with Gasteiger partial charge < -0.3 is 0 Å². The van der Waals surface area contributed by atoms with E-state index in [4.69, 9.17) is 0 Å². The maximum absolute atomic E-state index is 14.3. The van der Waals surface area contributed by atoms with E-state index in [9.17, 15) is 22.4 Å². The molecule has 162 valence electrons. The summed E-state index contributed by atoms with van der Waals surface area (Å²) in [6.45, 7) is 7.62. The van der Waals surface area contributed by atoms with Gasteiger partial charge in [-0.15, -0.1) is 11.8 Å². The lowest BCUT2D eigenvalue weighted by atomic mass is 9.94. The Morgan fingerprint density at radius 2 is 1.58 bits per heavy atom. The van der Waals surface area contributed by atoms with Gasteiger partial charge in [-0.2, -0.15) is 0 Å². The van der Waals surface area contributed by atoms with Crippen molar-refractivity contribution in [1.29, 1.82) is 0 Å². The lowest BCUT2D eigenvalue weighted by molar-refractivity contribution is -0.114. The molecule has 0 saturated heterocycles. The van der Waals surface area contributed by atoms with Crippen LogP contribution in [-0.2, 0) is 11.2 Å². The Labute approximate surface area is 183 Å². The van der Waals surface area contributed by atoms with Crippen molar-refractivity contribution in [3.63, 3.8) is 0 Å². The zero-order valence-corrected chi connectivity index (χ0v) is 18.3. The van der Waals surface area contributed by atoms with Crippen LogP contribution in [0.4, 0.5) is 17.6 Å². The van der Waals surface area contributed by atoms with Crippen LogP contribution in [0.1, 0.15) is 25.0 Å². The van der Waals surface area contributed by atoms with Crippen LogP contribution >= 0.6 is 11.8 Å². The number of thioether (sulfide) groups is 1. The highest BCUT2D eigenvalue weighted by Gasteiger charge is 2.13. The number of carbonyl (C=O) groups excluding carboxylic acids is 1. The normalized spacial score (nSPS) is 12.8. The molecule has 2 aromatic carbocycles. The van der Waals surface area contributed by atoms with Gasteiger partial charge in [-0.25, -0.2) is 17.6 Å². The number of allylic oxidation sites excluding steroid dienone is 7. The van der Waals surface area contributed by atoms with Gasteiger partial charge in [0.1, 0.15) is 23.3 Å². The third-order valence-electron chi connectivity index (χ3n) is 4.56. The Hall–Kier alpha value is -2.86. The Kier molecular flexibility index (Phi) is 8.63. The van der Waals surface area contributed by atoms with Crippen LogP contribution in [0.2, 0.25) is 0 Å². The van der Waals surface area contributed by atoms with Crippen molar-refractivity contribution < 1.29 is 22.4 Å². The molecule has 2 aromatic rings. The van der Waals surface area contributed by atoms with Gasteiger partial charge in [0.2, 0.25) is 0 Å². The second-order valence-corrected chi connectivity index (χ2v) is 7.92. The molecule has 0 spiro atoms. The first-order chi connectivity index (χ1) is 14.6. The molecular formula is C25H22F4OS. The van der Waals surface area contributed by atoms with Crippen molar-refractivity contribution in [3.05, 3.63) is 112 Å². The third-order valence-corrected chi connectivity index (χ3v) is 5.33. The van der Waals surface area contributed by atoms with Crippen molar-refractivity contribution in [2.75, 3.05) is 6.26 Å². The minimum Gasteiger partial charge on any atom is -0.294 e. The SMILES string of the molecule is C=C(C(/C=C\C(=O)Cc1ccc(F)cc1F)=C(C)\C=C(/C)SC)c1ccc(F)cc1F. The van der Waals surface area contributed by atoms with Crippen LogP contribution in [0, 0.1) is 23.3 Å². The monoisotopic (exact) mass is 446 g/mol. The molecule has 0 heterocycles. The first-order valence-corrected chi connectivity index (χ1v) is 10.6. The predicted molar refractivity (Wildman–Crippen MR) is 120 cm³/mol. The second-order valence-electron chi connectivity index (χ2n) is 6.87. The number of rotatable bonds is 8. The summed E-state index contributed by atoms with van der Waals surface area (Å²) in [5, 5.41) is 0. The van der Waals surface area contributed by atoms with E-state index in [2.05, 4.69) is 6.58 Å². The van der Waals surface area contributed by atoms with Crippen LogP contribution in [0.15, 0.2) is 77.3 Å². The Bertz CT molecular complexity index is 1100. The molecule has 0 atom stereocenters. The lowest BCUT2D eigenvalue weighted by Crippen LogP contribution is -2.02. The number of ketones is 1. The minimum atomic E-state index is -0.801. The molecular weight excluding hydrogens is 424 g/mol. The maximum Gasteiger partial charge on any atom is 0.160 e. The summed E-state index contributed by atoms with van der Waals surface area (Å²) in [6.07, 6.45) is 6.24. The van der Waals surface area contributed by atoms with Crippen LogP contribution < -0.4 is 0 Å². The largest absolute Gasteiger partial charge is 0.294 e. The van der Waals surface area contributed by atoms with E-state index in [-0.39, 0.29) is 23.1 Å². The molecule has 0 unspecified atom stereocenters. The van der Waals surface area contributed by atoms with Crippen molar-refractivity contribution >= 4 is 23.1 Å². The number of hydrogen-bond donors (Lipinski definition) is 0. The lowest BCUT2D eigenvalue weighted by Gasteiger charge is -2.12. The Morgan fingerprint density at radius 1 is 0.968 bits per heavy atom. The topological polar surface area (TPSA) is 17.1 Å². The molecule has 0 saturated carbocycles. The van der Waals surface area contributed by atoms with Gasteiger partial charge in [0.05, 0.1) is 0 Å². The fourth-order valence-corrected chi connectivity index (χ4v) is 3.17. The summed E-state index contributed by atoms with van der Waals surface area (Å²) >= 11 is 1.52. The van der Waals surface area contributed by atoms with Gasteiger partial charge >= 0.3 is 0 Å². The zero-order valence-electron chi connectivity index (χ0n) is 17.4. The molecule has 0 fully saturated rings. The Balaban J connectivity index is 2.39. The molecule has 0 radical (unpaired) electrons. The minimum absolute atomic E-state index is 0.0693. The van der Waals surface area contributed by atoms with Crippen molar-refractivity contribution in [1.82, 2.24) is 0 Å². The van der Waals surface area contributed by atoms with Gasteiger partial charge in [-0.05, 0) is 77.6 Å². The summed E-state index contributed by atoms with van der Waals surface area (Å²) in [7, 11) is 0. The molecule has 31 heavy (non-hydrogen) atoms. The Morgan fingerprint density at radius 3 is 2.16 bits per heavy atom. The van der Waals surface area contributed by atoms with Gasteiger partial charge in [0.25, 0.3) is 0 Å². The molecule has 1 nitrogen and oxygen atoms in total. The summed E-state index contributed by atoms with van der Waals surface area (Å²) in [4.78, 5) is 13.4. The summed E-state index contributed by atoms with van der Waals surface area (Å²) in [5.74, 6) is -3.42. The van der Waals surface area contributed by atoms with Crippen LogP contribution in [0.25, 0.3) is 5.57 Å². The average molecular weight is 447 g/mol. The van der Waals surface area contributed by atoms with Gasteiger partial charge in [-0.3, -0.25) is 4.79 Å². The highest BCUT2D eigenvalue weighted by molar-refractivity contribution is 8.02. The molecule has 0 bridgehead atoms. The van der Waals surface area contributed by atoms with Crippen LogP contribution in [0.5, 0.6) is 0 Å². The highest BCUT2D eigenvalue weighted by Crippen LogP contribution is 2.29. The summed E-state index contributed by atoms with van der Waals surface area (Å²) in [5.41, 5.74) is 1.65. The smallest absolute Gasteiger partial charge is 0.160 e. The van der Waals surface area contributed by atoms with Crippen molar-refractivity contribution in [2.24, 2.45) is 0 Å². The van der Waals surface area contributed by atoms with Crippen LogP contribution in [0.3, 0.4) is 0 Å². The van der Waals surface area contributed by atoms with Crippen LogP contribution in [-0.4, -0.2) is 12.0 Å². The molecule has 0 N–H and O–H groups in total. The molecule has 0 aliphatic heterocycles. The first-order valence-electron chi connectivity index (χ1n) is 9.35. The molecule has 0 aliphatic carbocycles. The molecule has 0 aliphatic rings. The molecule has 2 rings (SSSR count). The van der Waals surface area contributed by atoms with E-state index in [1.807, 2.05) is 19.3 Å². The quantitative estimate of drug-likeness (QED) is 0.242. The van der Waals surface area contributed by atoms with Gasteiger partial charge in [0, 0.05) is 24.1 Å². The summed E-state index contributed by atoms with van der Waals surface area (Å²) in [6, 6.07) is 6.20. The van der Waals surface area contributed by atoms with Gasteiger partial charge in [0.15, 0.2) is 5.78 Å². The number of benzene rings is 2. The number of halogens is 4. The summed E-state index contributed by atoms with van der Waals surface area (Å²) < 4.78 is 54.5. The zero-order chi connectivity index (χ0) is 23.1. The second kappa shape index (κ2) is 11.0. The maximum atomic E-state index is 14.3. The third kappa shape index (κ3) is 6.82. The predicted octanol–water partition coefficient (Wildman–Crippen LogP) is 7.21. The van der Waals surface area contributed by atoms with Crippen molar-refractivity contribution in [3.8, 4) is 0 Å². The van der Waals surface area contributed by atoms with Gasteiger partial charge in [-0.1, -0.05) is 18.7 Å². The van der Waals surface area contributed by atoms with E-state index >= 15 is 0 Å². The van der Waals surface area contributed by atoms with E-state index in [0.717, 1.165) is 34.7 Å².